The van der Waals surface area contributed by atoms with Crippen molar-refractivity contribution in [2.45, 2.75) is 13.5 Å². The minimum Gasteiger partial charge on any atom is -0.465 e. The van der Waals surface area contributed by atoms with Crippen molar-refractivity contribution in [1.82, 2.24) is 9.78 Å². The van der Waals surface area contributed by atoms with Gasteiger partial charge in [-0.25, -0.2) is 9.48 Å². The highest BCUT2D eigenvalue weighted by molar-refractivity contribution is 5.85. The van der Waals surface area contributed by atoms with Gasteiger partial charge < -0.3 is 5.11 Å². The van der Waals surface area contributed by atoms with E-state index in [4.69, 9.17) is 10.4 Å². The van der Waals surface area contributed by atoms with Gasteiger partial charge in [-0.05, 0) is 30.7 Å². The molecular formula is C15H14N4O3. The highest BCUT2D eigenvalue weighted by Gasteiger charge is 2.12. The average Bonchev–Trinajstić information content (AvgIpc) is 2.50. The lowest BCUT2D eigenvalue weighted by Crippen LogP contribution is -2.29. The van der Waals surface area contributed by atoms with Gasteiger partial charge >= 0.3 is 6.09 Å². The Morgan fingerprint density at radius 2 is 2.18 bits per heavy atom. The first kappa shape index (κ1) is 15.3. The quantitative estimate of drug-likeness (QED) is 0.925. The number of rotatable bonds is 4. The molecule has 7 heteroatoms. The summed E-state index contributed by atoms with van der Waals surface area (Å²) >= 11 is 0. The highest BCUT2D eigenvalue weighted by atomic mass is 16.4. The molecule has 2 rings (SSSR count). The van der Waals surface area contributed by atoms with Gasteiger partial charge in [0.1, 0.15) is 6.07 Å². The van der Waals surface area contributed by atoms with E-state index >= 15 is 0 Å². The number of hydrogen-bond acceptors (Lipinski definition) is 4. The molecule has 0 aliphatic heterocycles. The predicted octanol–water partition coefficient (Wildman–Crippen LogP) is 1.67. The van der Waals surface area contributed by atoms with Crippen LogP contribution in [-0.4, -0.2) is 27.5 Å². The fraction of sp³-hybridized carbons (Fsp3) is 0.200. The number of nitrogens with zero attached hydrogens (tertiary/aromatic N) is 4. The second-order valence-electron chi connectivity index (χ2n) is 4.52. The van der Waals surface area contributed by atoms with Crippen molar-refractivity contribution in [3.8, 4) is 6.07 Å². The number of amides is 1. The van der Waals surface area contributed by atoms with Gasteiger partial charge in [-0.15, -0.1) is 0 Å². The number of aromatic nitrogens is 2. The molecule has 1 aromatic carbocycles. The summed E-state index contributed by atoms with van der Waals surface area (Å²) in [7, 11) is 0. The lowest BCUT2D eigenvalue weighted by Gasteiger charge is -2.17. The summed E-state index contributed by atoms with van der Waals surface area (Å²) in [6.45, 7) is 2.23. The summed E-state index contributed by atoms with van der Waals surface area (Å²) in [5.74, 6) is 0. The van der Waals surface area contributed by atoms with Crippen LogP contribution in [0.4, 0.5) is 10.5 Å². The number of hydrogen-bond donors (Lipinski definition) is 1. The molecule has 1 N–H and O–H groups in total. The maximum atomic E-state index is 11.8. The Kier molecular flexibility index (Phi) is 4.53. The molecule has 0 atom stereocenters. The Balaban J connectivity index is 2.34. The van der Waals surface area contributed by atoms with Crippen molar-refractivity contribution in [3.63, 3.8) is 0 Å². The molecule has 0 spiro atoms. The van der Waals surface area contributed by atoms with E-state index in [2.05, 4.69) is 5.10 Å². The minimum absolute atomic E-state index is 0.150. The third-order valence-corrected chi connectivity index (χ3v) is 3.08. The number of carbonyl (C=O) groups is 1. The fourth-order valence-corrected chi connectivity index (χ4v) is 2.05. The molecule has 7 nitrogen and oxygen atoms in total. The Hall–Kier alpha value is -3.14. The lowest BCUT2D eigenvalue weighted by atomic mass is 10.2. The van der Waals surface area contributed by atoms with Crippen molar-refractivity contribution < 1.29 is 9.90 Å². The molecule has 0 fully saturated rings. The van der Waals surface area contributed by atoms with E-state index in [-0.39, 0.29) is 17.8 Å². The number of nitriles is 1. The van der Waals surface area contributed by atoms with Gasteiger partial charge in [0.2, 0.25) is 0 Å². The Bertz CT molecular complexity index is 792. The Morgan fingerprint density at radius 3 is 2.82 bits per heavy atom. The van der Waals surface area contributed by atoms with Crippen molar-refractivity contribution in [2.24, 2.45) is 0 Å². The van der Waals surface area contributed by atoms with Crippen molar-refractivity contribution in [2.75, 3.05) is 11.4 Å². The molecule has 0 saturated heterocycles. The zero-order valence-corrected chi connectivity index (χ0v) is 11.9. The van der Waals surface area contributed by atoms with Crippen molar-refractivity contribution in [3.05, 3.63) is 58.0 Å². The first-order chi connectivity index (χ1) is 10.5. The van der Waals surface area contributed by atoms with Crippen LogP contribution < -0.4 is 10.5 Å². The van der Waals surface area contributed by atoms with Crippen LogP contribution in [0.5, 0.6) is 0 Å². The first-order valence-corrected chi connectivity index (χ1v) is 6.63. The fourth-order valence-electron chi connectivity index (χ4n) is 2.05. The molecule has 0 saturated carbocycles. The number of carboxylic acid groups (broad SMARTS) is 1. The maximum absolute atomic E-state index is 11.8. The number of benzene rings is 1. The van der Waals surface area contributed by atoms with Crippen molar-refractivity contribution >= 4 is 11.8 Å². The van der Waals surface area contributed by atoms with E-state index in [1.807, 2.05) is 6.07 Å². The molecule has 0 aliphatic carbocycles. The maximum Gasteiger partial charge on any atom is 0.411 e. The van der Waals surface area contributed by atoms with E-state index < -0.39 is 6.09 Å². The molecular weight excluding hydrogens is 284 g/mol. The van der Waals surface area contributed by atoms with E-state index in [9.17, 15) is 9.59 Å². The van der Waals surface area contributed by atoms with E-state index in [0.717, 1.165) is 5.56 Å². The normalized spacial score (nSPS) is 10.0. The minimum atomic E-state index is -1.04. The Labute approximate surface area is 126 Å². The van der Waals surface area contributed by atoms with Gasteiger partial charge in [0.25, 0.3) is 5.56 Å². The van der Waals surface area contributed by atoms with E-state index in [1.54, 1.807) is 31.2 Å². The molecule has 1 heterocycles. The third kappa shape index (κ3) is 3.30. The second kappa shape index (κ2) is 6.54. The van der Waals surface area contributed by atoms with Gasteiger partial charge in [0.05, 0.1) is 6.54 Å². The van der Waals surface area contributed by atoms with Crippen LogP contribution in [0.1, 0.15) is 18.2 Å². The van der Waals surface area contributed by atoms with E-state index in [1.165, 1.54) is 21.7 Å². The first-order valence-electron chi connectivity index (χ1n) is 6.63. The summed E-state index contributed by atoms with van der Waals surface area (Å²) in [5.41, 5.74) is 1.07. The van der Waals surface area contributed by atoms with Gasteiger partial charge in [0, 0.05) is 18.3 Å². The summed E-state index contributed by atoms with van der Waals surface area (Å²) in [5, 5.41) is 21.9. The predicted molar refractivity (Wildman–Crippen MR) is 79.8 cm³/mol. The largest absolute Gasteiger partial charge is 0.465 e. The molecule has 1 amide bonds. The molecule has 1 aromatic heterocycles. The molecule has 0 radical (unpaired) electrons. The molecule has 2 aromatic rings. The molecule has 0 bridgehead atoms. The summed E-state index contributed by atoms with van der Waals surface area (Å²) in [6, 6.07) is 11.4. The van der Waals surface area contributed by atoms with Crippen LogP contribution in [0, 0.1) is 11.3 Å². The molecule has 0 unspecified atom stereocenters. The molecule has 0 aliphatic rings. The van der Waals surface area contributed by atoms with Gasteiger partial charge in [-0.3, -0.25) is 9.69 Å². The van der Waals surface area contributed by atoms with Gasteiger partial charge in [-0.2, -0.15) is 10.4 Å². The monoisotopic (exact) mass is 298 g/mol. The summed E-state index contributed by atoms with van der Waals surface area (Å²) in [6.07, 6.45) is -1.04. The van der Waals surface area contributed by atoms with Crippen molar-refractivity contribution in [1.29, 1.82) is 5.26 Å². The zero-order chi connectivity index (χ0) is 16.1. The second-order valence-corrected chi connectivity index (χ2v) is 4.52. The highest BCUT2D eigenvalue weighted by Crippen LogP contribution is 2.16. The van der Waals surface area contributed by atoms with Gasteiger partial charge in [0.15, 0.2) is 5.69 Å². The van der Waals surface area contributed by atoms with Crippen LogP contribution in [-0.2, 0) is 6.54 Å². The SMILES string of the molecule is CCN(C(=O)O)c1cccc(Cn2nc(C#N)ccc2=O)c1. The van der Waals surface area contributed by atoms with Crippen LogP contribution >= 0.6 is 0 Å². The average molecular weight is 298 g/mol. The Morgan fingerprint density at radius 1 is 1.41 bits per heavy atom. The van der Waals surface area contributed by atoms with Crippen LogP contribution in [0.3, 0.4) is 0 Å². The van der Waals surface area contributed by atoms with E-state index in [0.29, 0.717) is 12.2 Å². The van der Waals surface area contributed by atoms with Crippen LogP contribution in [0.15, 0.2) is 41.2 Å². The smallest absolute Gasteiger partial charge is 0.411 e. The van der Waals surface area contributed by atoms with Crippen LogP contribution in [0.2, 0.25) is 0 Å². The molecule has 112 valence electrons. The summed E-state index contributed by atoms with van der Waals surface area (Å²) in [4.78, 5) is 24.1. The van der Waals surface area contributed by atoms with Gasteiger partial charge in [-0.1, -0.05) is 12.1 Å². The lowest BCUT2D eigenvalue weighted by molar-refractivity contribution is 0.202. The van der Waals surface area contributed by atoms with Crippen LogP contribution in [0.25, 0.3) is 0 Å². The molecule has 22 heavy (non-hydrogen) atoms. The summed E-state index contributed by atoms with van der Waals surface area (Å²) < 4.78 is 1.18. The third-order valence-electron chi connectivity index (χ3n) is 3.08. The number of anilines is 1. The zero-order valence-electron chi connectivity index (χ0n) is 11.9. The topological polar surface area (TPSA) is 99.2 Å². The standard InChI is InChI=1S/C15H14N4O3/c1-2-18(15(21)22)13-5-3-4-11(8-13)10-19-14(20)7-6-12(9-16)17-19/h3-8H,2,10H2,1H3,(H,21,22).